The van der Waals surface area contributed by atoms with Crippen LogP contribution in [-0.4, -0.2) is 295 Å². The van der Waals surface area contributed by atoms with Crippen LogP contribution in [0.5, 0.6) is 0 Å². The number of imidazole rings is 1. The molecule has 46 heteroatoms. The average molecular weight is 1460 g/mol. The number of nitrogens with one attached hydrogen (secondary N) is 5. The zero-order chi connectivity index (χ0) is 75.8. The fourth-order valence-electron chi connectivity index (χ4n) is 10.7. The van der Waals surface area contributed by atoms with E-state index in [0.717, 1.165) is 29.2 Å². The van der Waals surface area contributed by atoms with Gasteiger partial charge in [-0.05, 0) is 33.8 Å². The summed E-state index contributed by atoms with van der Waals surface area (Å²) in [5.41, 5.74) is 3.26. The Morgan fingerprint density at radius 2 is 1.02 bits per heavy atom. The van der Waals surface area contributed by atoms with Crippen molar-refractivity contribution in [3.05, 3.63) is 128 Å². The van der Waals surface area contributed by atoms with Crippen molar-refractivity contribution in [1.82, 2.24) is 62.6 Å². The van der Waals surface area contributed by atoms with Gasteiger partial charge in [-0.25, -0.2) is 43.7 Å². The van der Waals surface area contributed by atoms with Crippen molar-refractivity contribution >= 4 is 34.8 Å². The number of carbonyl (C=O) groups is 2. The van der Waals surface area contributed by atoms with Gasteiger partial charge in [-0.15, -0.1) is 0 Å². The summed E-state index contributed by atoms with van der Waals surface area (Å²) >= 11 is 0. The monoisotopic (exact) mass is 1460 g/mol. The number of aliphatic hydroxyl groups is 15. The molecule has 102 heavy (non-hydrogen) atoms. The summed E-state index contributed by atoms with van der Waals surface area (Å²) in [5.74, 6) is -1.38. The van der Waals surface area contributed by atoms with Crippen molar-refractivity contribution in [3.8, 4) is 0 Å². The molecule has 5 aliphatic heterocycles. The second-order valence-electron chi connectivity index (χ2n) is 23.5. The van der Waals surface area contributed by atoms with E-state index >= 15 is 0 Å². The second-order valence-corrected chi connectivity index (χ2v) is 23.5. The highest BCUT2D eigenvalue weighted by Gasteiger charge is 2.48. The molecule has 23 N–H and O–H groups in total. The van der Waals surface area contributed by atoms with E-state index in [4.69, 9.17) is 65.1 Å². The van der Waals surface area contributed by atoms with E-state index in [2.05, 4.69) is 40.5 Å². The zero-order valence-corrected chi connectivity index (χ0v) is 54.7. The molecule has 11 heterocycles. The number of nitrogen functional groups attached to an aromatic ring is 1. The van der Waals surface area contributed by atoms with Gasteiger partial charge in [0.05, 0.1) is 45.5 Å². The minimum absolute atomic E-state index is 0.0167. The van der Waals surface area contributed by atoms with Crippen LogP contribution in [0.3, 0.4) is 0 Å². The largest absolute Gasteiger partial charge is 0.480 e. The zero-order valence-electron chi connectivity index (χ0n) is 54.7. The first-order valence-electron chi connectivity index (χ1n) is 30.6. The number of rotatable bonds is 15. The minimum atomic E-state index is -1.54. The molecular formula is C56H80N16O30. The van der Waals surface area contributed by atoms with Crippen molar-refractivity contribution < 1.29 is 120 Å². The summed E-state index contributed by atoms with van der Waals surface area (Å²) in [5, 5.41) is 164. The molecule has 11 rings (SSSR count). The number of H-pyrrole nitrogens is 2. The SMILES string of the molecule is CO[C@@H]1[C@H](O)[C@@H](CO)O[C@H]1n1cc(C)c(=O)[nH]c1=O.C[C@@H](O)[C@H](NC(=O)Nc1ncnc2c1ncn2[C@@H]1O[C@H](CO)[C@@H](O)[C@H]1O)C(=O)O.Cc1cn([C@@H]2O[C@H](CO)[C@@H](O)[C@H]2O)c(=O)[nH]c1=O.Cc1cn([C@@H]2O[C@H](CO)[C@@H](O)[C@H]2O)c(=O)nc1N.Cn1c(=N)ccn([C@@H]2O[C@H](CO)[C@@H](O)[C@H]2O)c1=O. The Hall–Kier alpha value is -8.83. The lowest BCUT2D eigenvalue weighted by Crippen LogP contribution is -2.49. The molecule has 564 valence electrons. The standard InChI is InChI=1S/C15H20N6O8.C11H16N2O6.2C10H15N3O5.C10H14N2O6/c1-5(23)7(14(26)27)19-15(28)20-11-8-12(17-3-16-11)21(4-18-8)13-10(25)9(24)6(2-22)29-13;1-5-3-13(11(17)12-9(5)16)10-8(18-2)7(15)6(4-14)19-10;1-4-2-13(10(17)12-8(4)11)9-7(16)6(15)5(3-14)18-9;1-12-6(11)2-3-13(10(12)17)9-8(16)7(15)5(4-14)18-9;1-4-2-12(10(17)11-8(4)16)9-7(15)6(14)5(3-13)18-9/h3-7,9-10,13,22-25H,2H2,1H3,(H,26,27)(H2,16,17,19,20,28);3,6-8,10,14-15H,4H2,1-2H3,(H,12,16,17);2,5-7,9,14-16H,3H2,1H3,(H2,11,12,17);2-3,5,7-9,11,14-16H,4H2,1H3;2,5-7,9,13-15H,3H2,1H3,(H,11,16,17)/t5-,6-,7+,9-,10-,13-;6-,7-,8-,10-;5-,6-,7-,9-;5-,7-,8-,9-;5-,6-,7-,9-/m11111/s1. The first-order valence-corrected chi connectivity index (χ1v) is 30.6. The van der Waals surface area contributed by atoms with Gasteiger partial charge in [0.25, 0.3) is 11.1 Å². The van der Waals surface area contributed by atoms with Gasteiger partial charge < -0.3 is 121 Å². The summed E-state index contributed by atoms with van der Waals surface area (Å²) in [4.78, 5) is 112. The van der Waals surface area contributed by atoms with E-state index in [1.54, 1.807) is 13.8 Å². The maximum absolute atomic E-state index is 12.1. The number of nitrogens with two attached hydrogens (primary N) is 1. The molecule has 6 aromatic rings. The number of carbonyl (C=O) groups excluding carboxylic acids is 1. The number of carboxylic acid groups (broad SMARTS) is 1. The van der Waals surface area contributed by atoms with Crippen LogP contribution in [-0.2, 0) is 40.3 Å². The van der Waals surface area contributed by atoms with Crippen LogP contribution in [0.1, 0.15) is 54.8 Å². The summed E-state index contributed by atoms with van der Waals surface area (Å²) in [7, 11) is 2.79. The number of hydrogen-bond donors (Lipinski definition) is 22. The molecule has 0 unspecified atom stereocenters. The molecule has 5 aliphatic rings. The van der Waals surface area contributed by atoms with Crippen LogP contribution in [0.15, 0.2) is 72.3 Å². The molecular weight excluding hydrogens is 1380 g/mol. The average Bonchev–Trinajstić information content (AvgIpc) is 1.63. The summed E-state index contributed by atoms with van der Waals surface area (Å²) < 4.78 is 38.2. The Labute approximate surface area is 570 Å². The van der Waals surface area contributed by atoms with Crippen LogP contribution in [0.2, 0.25) is 0 Å². The number of aliphatic hydroxyl groups excluding tert-OH is 15. The number of anilines is 2. The maximum Gasteiger partial charge on any atom is 0.351 e. The van der Waals surface area contributed by atoms with E-state index in [9.17, 15) is 94.5 Å². The first kappa shape index (κ1) is 80.5. The third-order valence-electron chi connectivity index (χ3n) is 16.6. The number of nitrogens with zero attached hydrogens (tertiary/aromatic N) is 10. The predicted octanol–water partition coefficient (Wildman–Crippen LogP) is -12.0. The fraction of sp³-hybridized carbons (Fsp3) is 0.589. The number of hydrogen-bond acceptors (Lipinski definition) is 35. The second kappa shape index (κ2) is 34.4. The van der Waals surface area contributed by atoms with Gasteiger partial charge in [0.15, 0.2) is 54.2 Å². The number of carboxylic acids is 1. The number of methoxy groups -OCH3 is 1. The van der Waals surface area contributed by atoms with Crippen molar-refractivity contribution in [2.75, 3.05) is 51.2 Å². The summed E-state index contributed by atoms with van der Waals surface area (Å²) in [6.07, 6.45) is -16.0. The number of amides is 2. The normalized spacial score (nSPS) is 30.0. The number of aliphatic carboxylic acids is 1. The van der Waals surface area contributed by atoms with Crippen LogP contribution < -0.4 is 55.7 Å². The molecule has 22 atom stereocenters. The van der Waals surface area contributed by atoms with E-state index in [-0.39, 0.29) is 33.9 Å². The van der Waals surface area contributed by atoms with Gasteiger partial charge in [0, 0.05) is 55.6 Å². The molecule has 0 radical (unpaired) electrons. The molecule has 5 saturated heterocycles. The van der Waals surface area contributed by atoms with E-state index < -0.39 is 214 Å². The van der Waals surface area contributed by atoms with Crippen LogP contribution in [0.4, 0.5) is 16.4 Å². The van der Waals surface area contributed by atoms with Crippen LogP contribution >= 0.6 is 0 Å². The lowest BCUT2D eigenvalue weighted by atomic mass is 10.1. The number of aromatic amines is 2. The molecule has 46 nitrogen and oxygen atoms in total. The molecule has 0 saturated carbocycles. The number of urea groups is 1. The van der Waals surface area contributed by atoms with Gasteiger partial charge in [0.2, 0.25) is 0 Å². The molecule has 2 amide bonds. The topological polar surface area (TPSA) is 702 Å². The smallest absolute Gasteiger partial charge is 0.351 e. The maximum atomic E-state index is 12.1. The van der Waals surface area contributed by atoms with E-state index in [1.165, 1.54) is 69.8 Å². The molecule has 6 aromatic heterocycles. The third kappa shape index (κ3) is 17.3. The molecule has 0 aliphatic carbocycles. The lowest BCUT2D eigenvalue weighted by molar-refractivity contribution is -0.141. The number of aromatic nitrogens is 12. The van der Waals surface area contributed by atoms with E-state index in [1.807, 2.05) is 0 Å². The fourth-order valence-corrected chi connectivity index (χ4v) is 10.7. The van der Waals surface area contributed by atoms with Crippen molar-refractivity contribution in [2.45, 2.75) is 163 Å². The van der Waals surface area contributed by atoms with Gasteiger partial charge in [-0.3, -0.25) is 57.7 Å². The molecule has 0 aromatic carbocycles. The van der Waals surface area contributed by atoms with Gasteiger partial charge in [-0.1, -0.05) is 0 Å². The minimum Gasteiger partial charge on any atom is -0.480 e. The Morgan fingerprint density at radius 1 is 0.608 bits per heavy atom. The molecule has 0 spiro atoms. The highest BCUT2D eigenvalue weighted by molar-refractivity contribution is 5.97. The third-order valence-corrected chi connectivity index (χ3v) is 16.6. The Kier molecular flexibility index (Phi) is 27.2. The highest BCUT2D eigenvalue weighted by atomic mass is 16.6. The van der Waals surface area contributed by atoms with E-state index in [0.29, 0.717) is 11.1 Å². The van der Waals surface area contributed by atoms with Crippen molar-refractivity contribution in [1.29, 1.82) is 5.41 Å². The lowest BCUT2D eigenvalue weighted by Gasteiger charge is -2.20. The molecule has 0 bridgehead atoms. The summed E-state index contributed by atoms with van der Waals surface area (Å²) in [6, 6.07) is -1.11. The quantitative estimate of drug-likeness (QED) is 0.0454. The number of ether oxygens (including phenoxy) is 6. The van der Waals surface area contributed by atoms with Gasteiger partial charge in [0.1, 0.15) is 109 Å². The van der Waals surface area contributed by atoms with Crippen LogP contribution in [0.25, 0.3) is 11.2 Å². The first-order chi connectivity index (χ1) is 48.1. The highest BCUT2D eigenvalue weighted by Crippen LogP contribution is 2.34. The van der Waals surface area contributed by atoms with Crippen LogP contribution in [0, 0.1) is 26.2 Å². The Balaban J connectivity index is 0.000000181. The summed E-state index contributed by atoms with van der Waals surface area (Å²) in [6.45, 7) is 3.63. The molecule has 5 fully saturated rings. The van der Waals surface area contributed by atoms with Crippen molar-refractivity contribution in [3.63, 3.8) is 0 Å². The predicted molar refractivity (Wildman–Crippen MR) is 336 cm³/mol. The number of aryl methyl sites for hydroxylation is 3. The Bertz CT molecular complexity index is 4280. The van der Waals surface area contributed by atoms with Gasteiger partial charge >= 0.3 is 34.8 Å². The van der Waals surface area contributed by atoms with Crippen molar-refractivity contribution in [2.24, 2.45) is 7.05 Å². The number of fused-ring (bicyclic) bond motifs is 1. The Morgan fingerprint density at radius 3 is 1.45 bits per heavy atom. The van der Waals surface area contributed by atoms with Gasteiger partial charge in [-0.2, -0.15) is 4.98 Å².